The zero-order valence-electron chi connectivity index (χ0n) is 7.80. The van der Waals surface area contributed by atoms with Crippen LogP contribution in [0.4, 0.5) is 0 Å². The third-order valence-electron chi connectivity index (χ3n) is 1.81. The topological polar surface area (TPSA) is 32.3 Å². The highest BCUT2D eigenvalue weighted by molar-refractivity contribution is 9.11. The van der Waals surface area contributed by atoms with Gasteiger partial charge in [0.05, 0.1) is 10.4 Å². The van der Waals surface area contributed by atoms with Crippen LogP contribution >= 0.6 is 27.3 Å². The van der Waals surface area contributed by atoms with Gasteiger partial charge in [-0.3, -0.25) is 0 Å². The number of hydrogen-bond donors (Lipinski definition) is 2. The van der Waals surface area contributed by atoms with E-state index in [2.05, 4.69) is 34.2 Å². The fraction of sp³-hybridized carbons (Fsp3) is 0.556. The third kappa shape index (κ3) is 3.38. The molecule has 74 valence electrons. The minimum absolute atomic E-state index is 0.168. The van der Waals surface area contributed by atoms with Crippen molar-refractivity contribution in [2.45, 2.75) is 26.4 Å². The molecule has 0 aliphatic rings. The van der Waals surface area contributed by atoms with Gasteiger partial charge in [0.15, 0.2) is 0 Å². The molecule has 0 saturated heterocycles. The maximum atomic E-state index is 8.80. The summed E-state index contributed by atoms with van der Waals surface area (Å²) < 4.78 is 1.20. The highest BCUT2D eigenvalue weighted by atomic mass is 79.9. The summed E-state index contributed by atoms with van der Waals surface area (Å²) in [5.74, 6) is 0. The highest BCUT2D eigenvalue weighted by Gasteiger charge is 2.04. The van der Waals surface area contributed by atoms with Crippen molar-refractivity contribution in [1.82, 2.24) is 5.32 Å². The van der Waals surface area contributed by atoms with Gasteiger partial charge >= 0.3 is 0 Å². The van der Waals surface area contributed by atoms with Crippen LogP contribution in [0.15, 0.2) is 9.85 Å². The molecule has 1 unspecified atom stereocenters. The van der Waals surface area contributed by atoms with Gasteiger partial charge in [0.1, 0.15) is 0 Å². The molecule has 1 heterocycles. The molecule has 1 aromatic rings. The monoisotopic (exact) mass is 263 g/mol. The Balaban J connectivity index is 2.45. The van der Waals surface area contributed by atoms with E-state index in [9.17, 15) is 0 Å². The van der Waals surface area contributed by atoms with Crippen molar-refractivity contribution in [3.63, 3.8) is 0 Å². The fourth-order valence-corrected chi connectivity index (χ4v) is 2.53. The summed E-state index contributed by atoms with van der Waals surface area (Å²) in [4.78, 5) is 1.30. The van der Waals surface area contributed by atoms with Gasteiger partial charge in [-0.1, -0.05) is 0 Å². The quantitative estimate of drug-likeness (QED) is 0.874. The van der Waals surface area contributed by atoms with Crippen LogP contribution in [0, 0.1) is 6.92 Å². The summed E-state index contributed by atoms with van der Waals surface area (Å²) in [7, 11) is 0. The molecule has 4 heteroatoms. The lowest BCUT2D eigenvalue weighted by molar-refractivity contribution is 0.251. The van der Waals surface area contributed by atoms with E-state index in [-0.39, 0.29) is 12.6 Å². The van der Waals surface area contributed by atoms with Crippen molar-refractivity contribution in [3.8, 4) is 0 Å². The third-order valence-corrected chi connectivity index (χ3v) is 3.94. The number of aryl methyl sites for hydroxylation is 1. The molecule has 0 bridgehead atoms. The Bertz CT molecular complexity index is 255. The lowest BCUT2D eigenvalue weighted by atomic mass is 10.3. The number of aliphatic hydroxyl groups excluding tert-OH is 1. The van der Waals surface area contributed by atoms with Crippen LogP contribution in [0.25, 0.3) is 0 Å². The Labute approximate surface area is 91.1 Å². The highest BCUT2D eigenvalue weighted by Crippen LogP contribution is 2.27. The van der Waals surface area contributed by atoms with E-state index in [0.29, 0.717) is 0 Å². The van der Waals surface area contributed by atoms with Crippen molar-refractivity contribution >= 4 is 27.3 Å². The zero-order chi connectivity index (χ0) is 9.84. The first kappa shape index (κ1) is 11.2. The van der Waals surface area contributed by atoms with Gasteiger partial charge in [-0.2, -0.15) is 0 Å². The average Bonchev–Trinajstić information content (AvgIpc) is 2.42. The smallest absolute Gasteiger partial charge is 0.0730 e. The van der Waals surface area contributed by atoms with Crippen molar-refractivity contribution in [2.75, 3.05) is 6.61 Å². The van der Waals surface area contributed by atoms with Gasteiger partial charge in [-0.05, 0) is 41.4 Å². The summed E-state index contributed by atoms with van der Waals surface area (Å²) in [5, 5.41) is 12.0. The first-order valence-corrected chi connectivity index (χ1v) is 5.83. The Kier molecular flexibility index (Phi) is 4.38. The van der Waals surface area contributed by atoms with Crippen molar-refractivity contribution < 1.29 is 5.11 Å². The Morgan fingerprint density at radius 2 is 2.38 bits per heavy atom. The maximum Gasteiger partial charge on any atom is 0.0730 e. The van der Waals surface area contributed by atoms with Crippen LogP contribution in [0.2, 0.25) is 0 Å². The van der Waals surface area contributed by atoms with Gasteiger partial charge in [0.2, 0.25) is 0 Å². The Hall–Kier alpha value is 0.100. The summed E-state index contributed by atoms with van der Waals surface area (Å²) in [6.45, 7) is 5.07. The minimum atomic E-state index is 0.168. The molecule has 0 fully saturated rings. The molecular weight excluding hydrogens is 250 g/mol. The second-order valence-corrected chi connectivity index (χ2v) is 5.59. The molecule has 13 heavy (non-hydrogen) atoms. The van der Waals surface area contributed by atoms with Gasteiger partial charge in [-0.15, -0.1) is 11.3 Å². The molecule has 1 atom stereocenters. The van der Waals surface area contributed by atoms with E-state index in [1.54, 1.807) is 11.3 Å². The van der Waals surface area contributed by atoms with Gasteiger partial charge in [0, 0.05) is 17.5 Å². The summed E-state index contributed by atoms with van der Waals surface area (Å²) >= 11 is 5.22. The van der Waals surface area contributed by atoms with Crippen molar-refractivity contribution in [3.05, 3.63) is 20.3 Å². The number of thiophene rings is 1. The minimum Gasteiger partial charge on any atom is -0.395 e. The summed E-state index contributed by atoms with van der Waals surface area (Å²) in [6, 6.07) is 2.33. The maximum absolute atomic E-state index is 8.80. The number of hydrogen-bond acceptors (Lipinski definition) is 3. The Morgan fingerprint density at radius 1 is 1.69 bits per heavy atom. The molecule has 1 aromatic heterocycles. The van der Waals surface area contributed by atoms with E-state index in [1.807, 2.05) is 6.92 Å². The number of halogens is 1. The predicted octanol–water partition coefficient (Wildman–Crippen LogP) is 2.29. The average molecular weight is 264 g/mol. The van der Waals surface area contributed by atoms with Crippen LogP contribution in [0.1, 0.15) is 17.4 Å². The van der Waals surface area contributed by atoms with Gasteiger partial charge in [0.25, 0.3) is 0 Å². The standard InChI is InChI=1S/C9H14BrNOS/c1-6-3-8(13-9(6)10)4-11-7(2)5-12/h3,7,11-12H,4-5H2,1-2H3. The number of rotatable bonds is 4. The molecule has 0 radical (unpaired) electrons. The number of aliphatic hydroxyl groups is 1. The lowest BCUT2D eigenvalue weighted by Crippen LogP contribution is -2.28. The van der Waals surface area contributed by atoms with Crippen LogP contribution in [0.3, 0.4) is 0 Å². The van der Waals surface area contributed by atoms with E-state index >= 15 is 0 Å². The van der Waals surface area contributed by atoms with Crippen LogP contribution in [-0.2, 0) is 6.54 Å². The number of nitrogens with one attached hydrogen (secondary N) is 1. The van der Waals surface area contributed by atoms with E-state index in [0.717, 1.165) is 6.54 Å². The van der Waals surface area contributed by atoms with E-state index < -0.39 is 0 Å². The molecule has 2 nitrogen and oxygen atoms in total. The summed E-state index contributed by atoms with van der Waals surface area (Å²) in [6.07, 6.45) is 0. The van der Waals surface area contributed by atoms with Crippen molar-refractivity contribution in [1.29, 1.82) is 0 Å². The molecule has 0 amide bonds. The first-order chi connectivity index (χ1) is 6.13. The molecule has 1 rings (SSSR count). The second kappa shape index (κ2) is 5.10. The zero-order valence-corrected chi connectivity index (χ0v) is 10.2. The van der Waals surface area contributed by atoms with Gasteiger partial charge < -0.3 is 10.4 Å². The van der Waals surface area contributed by atoms with E-state index in [4.69, 9.17) is 5.11 Å². The van der Waals surface area contributed by atoms with E-state index in [1.165, 1.54) is 14.2 Å². The second-order valence-electron chi connectivity index (χ2n) is 3.13. The first-order valence-electron chi connectivity index (χ1n) is 4.22. The van der Waals surface area contributed by atoms with Crippen LogP contribution < -0.4 is 5.32 Å². The molecule has 0 saturated carbocycles. The largest absolute Gasteiger partial charge is 0.395 e. The van der Waals surface area contributed by atoms with Crippen LogP contribution in [0.5, 0.6) is 0 Å². The SMILES string of the molecule is Cc1cc(CNC(C)CO)sc1Br. The molecule has 0 spiro atoms. The van der Waals surface area contributed by atoms with Crippen LogP contribution in [-0.4, -0.2) is 17.8 Å². The Morgan fingerprint density at radius 3 is 2.85 bits per heavy atom. The molecule has 2 N–H and O–H groups in total. The van der Waals surface area contributed by atoms with Gasteiger partial charge in [-0.25, -0.2) is 0 Å². The fourth-order valence-electron chi connectivity index (χ4n) is 0.950. The molecule has 0 aromatic carbocycles. The summed E-state index contributed by atoms with van der Waals surface area (Å²) in [5.41, 5.74) is 1.28. The molecule has 0 aliphatic carbocycles. The lowest BCUT2D eigenvalue weighted by Gasteiger charge is -2.08. The molecular formula is C9H14BrNOS. The van der Waals surface area contributed by atoms with Crippen molar-refractivity contribution in [2.24, 2.45) is 0 Å². The predicted molar refractivity (Wildman–Crippen MR) is 60.1 cm³/mol. The normalized spacial score (nSPS) is 13.2. The molecule has 0 aliphatic heterocycles.